The molecule has 1 nitrogen and oxygen atoms in total. The van der Waals surface area contributed by atoms with Crippen LogP contribution in [0.5, 0.6) is 0 Å². The van der Waals surface area contributed by atoms with Crippen LogP contribution in [-0.2, 0) is 4.79 Å². The predicted molar refractivity (Wildman–Crippen MR) is 41.9 cm³/mol. The van der Waals surface area contributed by atoms with Crippen LogP contribution in [0.25, 0.3) is 0 Å². The van der Waals surface area contributed by atoms with Crippen LogP contribution >= 0.6 is 11.6 Å². The zero-order valence-corrected chi connectivity index (χ0v) is 6.61. The molecule has 0 N–H and O–H groups in total. The minimum absolute atomic E-state index is 0.348. The Bertz CT molecular complexity index is 213. The van der Waals surface area contributed by atoms with E-state index in [0.29, 0.717) is 5.57 Å². The first-order valence-electron chi connectivity index (χ1n) is 3.27. The van der Waals surface area contributed by atoms with Crippen molar-refractivity contribution in [2.45, 2.75) is 19.8 Å². The van der Waals surface area contributed by atoms with Crippen molar-refractivity contribution < 1.29 is 4.79 Å². The maximum Gasteiger partial charge on any atom is 0.252 e. The first-order valence-corrected chi connectivity index (χ1v) is 3.65. The highest BCUT2D eigenvalue weighted by atomic mass is 35.5. The molecule has 0 aromatic carbocycles. The van der Waals surface area contributed by atoms with Crippen molar-refractivity contribution in [3.63, 3.8) is 0 Å². The van der Waals surface area contributed by atoms with Crippen molar-refractivity contribution >= 4 is 16.8 Å². The van der Waals surface area contributed by atoms with Gasteiger partial charge in [-0.2, -0.15) is 0 Å². The number of carbonyl (C=O) groups excluding carboxylic acids is 1. The zero-order valence-electron chi connectivity index (χ0n) is 5.86. The van der Waals surface area contributed by atoms with E-state index < -0.39 is 0 Å². The largest absolute Gasteiger partial charge is 0.276 e. The first kappa shape index (κ1) is 7.55. The molecule has 0 aromatic rings. The fourth-order valence-electron chi connectivity index (χ4n) is 0.989. The van der Waals surface area contributed by atoms with E-state index in [1.165, 1.54) is 5.57 Å². The van der Waals surface area contributed by atoms with Gasteiger partial charge in [-0.15, -0.1) is 0 Å². The van der Waals surface area contributed by atoms with E-state index in [4.69, 9.17) is 11.6 Å². The lowest BCUT2D eigenvalue weighted by Crippen LogP contribution is -1.95. The molecule has 0 fully saturated rings. The van der Waals surface area contributed by atoms with E-state index >= 15 is 0 Å². The summed E-state index contributed by atoms with van der Waals surface area (Å²) in [6.45, 7) is 2.01. The Morgan fingerprint density at radius 1 is 1.70 bits per heavy atom. The van der Waals surface area contributed by atoms with E-state index in [-0.39, 0.29) is 5.24 Å². The highest BCUT2D eigenvalue weighted by Gasteiger charge is 2.06. The Balaban J connectivity index is 2.79. The second-order valence-electron chi connectivity index (χ2n) is 2.46. The Hall–Kier alpha value is -0.560. The molecule has 1 aliphatic rings. The monoisotopic (exact) mass is 156 g/mol. The molecule has 0 radical (unpaired) electrons. The van der Waals surface area contributed by atoms with Gasteiger partial charge >= 0.3 is 0 Å². The minimum atomic E-state index is -0.348. The molecule has 0 saturated carbocycles. The number of allylic oxidation sites excluding steroid dienone is 4. The third-order valence-electron chi connectivity index (χ3n) is 1.53. The van der Waals surface area contributed by atoms with Crippen molar-refractivity contribution in [3.8, 4) is 0 Å². The lowest BCUT2D eigenvalue weighted by Gasteiger charge is -2.05. The summed E-state index contributed by atoms with van der Waals surface area (Å²) in [5.41, 5.74) is 1.87. The normalized spacial score (nSPS) is 17.8. The van der Waals surface area contributed by atoms with Gasteiger partial charge in [0.1, 0.15) is 0 Å². The van der Waals surface area contributed by atoms with Gasteiger partial charge in [0.15, 0.2) is 0 Å². The van der Waals surface area contributed by atoms with Crippen molar-refractivity contribution in [2.75, 3.05) is 0 Å². The molecule has 54 valence electrons. The first-order chi connectivity index (χ1) is 4.70. The summed E-state index contributed by atoms with van der Waals surface area (Å²) < 4.78 is 0. The summed E-state index contributed by atoms with van der Waals surface area (Å²) in [4.78, 5) is 10.6. The molecule has 0 aromatic heterocycles. The molecule has 1 rings (SSSR count). The second-order valence-corrected chi connectivity index (χ2v) is 2.81. The van der Waals surface area contributed by atoms with Crippen LogP contribution in [0.4, 0.5) is 0 Å². The third kappa shape index (κ3) is 1.71. The molecule has 10 heavy (non-hydrogen) atoms. The van der Waals surface area contributed by atoms with Gasteiger partial charge in [0.2, 0.25) is 0 Å². The third-order valence-corrected chi connectivity index (χ3v) is 1.75. The van der Waals surface area contributed by atoms with Gasteiger partial charge in [-0.3, -0.25) is 4.79 Å². The van der Waals surface area contributed by atoms with Crippen LogP contribution in [0.15, 0.2) is 23.3 Å². The van der Waals surface area contributed by atoms with Gasteiger partial charge in [0, 0.05) is 5.57 Å². The maximum atomic E-state index is 10.6. The molecule has 0 amide bonds. The van der Waals surface area contributed by atoms with Crippen LogP contribution in [0.2, 0.25) is 0 Å². The summed E-state index contributed by atoms with van der Waals surface area (Å²) in [7, 11) is 0. The maximum absolute atomic E-state index is 10.6. The van der Waals surface area contributed by atoms with Crippen LogP contribution in [0.1, 0.15) is 19.8 Å². The Labute approximate surface area is 65.4 Å². The van der Waals surface area contributed by atoms with E-state index in [2.05, 4.69) is 0 Å². The molecule has 0 heterocycles. The average Bonchev–Trinajstić information content (AvgIpc) is 1.88. The number of hydrogen-bond acceptors (Lipinski definition) is 1. The molecule has 0 spiro atoms. The van der Waals surface area contributed by atoms with Crippen molar-refractivity contribution in [1.29, 1.82) is 0 Å². The summed E-state index contributed by atoms with van der Waals surface area (Å²) in [6, 6.07) is 0. The molecule has 0 atom stereocenters. The molecule has 1 aliphatic carbocycles. The Morgan fingerprint density at radius 2 is 2.40 bits per heavy atom. The van der Waals surface area contributed by atoms with Gasteiger partial charge in [-0.1, -0.05) is 17.7 Å². The fourth-order valence-corrected chi connectivity index (χ4v) is 1.12. The molecular weight excluding hydrogens is 148 g/mol. The highest BCUT2D eigenvalue weighted by molar-refractivity contribution is 6.68. The van der Waals surface area contributed by atoms with Crippen LogP contribution in [0.3, 0.4) is 0 Å². The summed E-state index contributed by atoms with van der Waals surface area (Å²) in [6.07, 6.45) is 5.71. The van der Waals surface area contributed by atoms with E-state index in [9.17, 15) is 4.79 Å². The fraction of sp³-hybridized carbons (Fsp3) is 0.375. The van der Waals surface area contributed by atoms with E-state index in [0.717, 1.165) is 12.8 Å². The molecule has 0 bridgehead atoms. The highest BCUT2D eigenvalue weighted by Crippen LogP contribution is 2.17. The topological polar surface area (TPSA) is 17.1 Å². The minimum Gasteiger partial charge on any atom is -0.276 e. The second kappa shape index (κ2) is 3.02. The molecule has 0 aliphatic heterocycles. The molecule has 0 saturated heterocycles. The number of rotatable bonds is 1. The van der Waals surface area contributed by atoms with Gasteiger partial charge < -0.3 is 0 Å². The van der Waals surface area contributed by atoms with Gasteiger partial charge in [0.05, 0.1) is 0 Å². The molecule has 2 heteroatoms. The lowest BCUT2D eigenvalue weighted by molar-refractivity contribution is -0.108. The van der Waals surface area contributed by atoms with E-state index in [1.54, 1.807) is 0 Å². The van der Waals surface area contributed by atoms with Gasteiger partial charge in [-0.25, -0.2) is 0 Å². The Kier molecular flexibility index (Phi) is 2.28. The van der Waals surface area contributed by atoms with Crippen molar-refractivity contribution in [2.24, 2.45) is 0 Å². The van der Waals surface area contributed by atoms with Crippen molar-refractivity contribution in [3.05, 3.63) is 23.3 Å². The smallest absolute Gasteiger partial charge is 0.252 e. The SMILES string of the molecule is CC1=CC(C(=O)Cl)=CCC1. The quantitative estimate of drug-likeness (QED) is 0.533. The summed E-state index contributed by atoms with van der Waals surface area (Å²) >= 11 is 5.27. The van der Waals surface area contributed by atoms with Crippen LogP contribution in [-0.4, -0.2) is 5.24 Å². The average molecular weight is 157 g/mol. The van der Waals surface area contributed by atoms with Crippen LogP contribution in [0, 0.1) is 0 Å². The van der Waals surface area contributed by atoms with E-state index in [1.807, 2.05) is 19.1 Å². The molecule has 0 unspecified atom stereocenters. The number of hydrogen-bond donors (Lipinski definition) is 0. The zero-order chi connectivity index (χ0) is 7.56. The van der Waals surface area contributed by atoms with Gasteiger partial charge in [-0.05, 0) is 31.4 Å². The number of halogens is 1. The molecular formula is C8H9ClO. The lowest BCUT2D eigenvalue weighted by atomic mass is 10.0. The van der Waals surface area contributed by atoms with Gasteiger partial charge in [0.25, 0.3) is 5.24 Å². The summed E-state index contributed by atoms with van der Waals surface area (Å²) in [5.74, 6) is 0. The van der Waals surface area contributed by atoms with Crippen LogP contribution < -0.4 is 0 Å². The summed E-state index contributed by atoms with van der Waals surface area (Å²) in [5, 5.41) is -0.348. The standard InChI is InChI=1S/C8H9ClO/c1-6-3-2-4-7(5-6)8(9)10/h4-5H,2-3H2,1H3. The number of carbonyl (C=O) groups is 1. The van der Waals surface area contributed by atoms with Crippen molar-refractivity contribution in [1.82, 2.24) is 0 Å². The Morgan fingerprint density at radius 3 is 2.80 bits per heavy atom. The predicted octanol–water partition coefficient (Wildman–Crippen LogP) is 2.42.